The number of thioether (sulfide) groups is 1. The van der Waals surface area contributed by atoms with Gasteiger partial charge in [-0.05, 0) is 38.8 Å². The molecule has 0 saturated carbocycles. The van der Waals surface area contributed by atoms with Crippen LogP contribution in [0.25, 0.3) is 0 Å². The predicted molar refractivity (Wildman–Crippen MR) is 104 cm³/mol. The van der Waals surface area contributed by atoms with Crippen LogP contribution in [0.1, 0.15) is 32.8 Å². The second kappa shape index (κ2) is 6.07. The fraction of sp³-hybridized carbons (Fsp3) is 0.550. The predicted octanol–water partition coefficient (Wildman–Crippen LogP) is 0.932. The van der Waals surface area contributed by atoms with Crippen LogP contribution in [0, 0.1) is 11.8 Å². The number of para-hydroxylation sites is 1. The molecule has 3 aliphatic rings. The number of quaternary nitrogens is 1. The molecule has 4 rings (SSSR count). The SMILES string of the molecule is CSCC[C@H]1[NH2+][C@@]2(C(=O)Nc3ccccc32)[C@@H]2C(=O)N(C(C)(C)C)C(=O)[C@@H]21. The lowest BCUT2D eigenvalue weighted by atomic mass is 9.76. The number of fused-ring (bicyclic) bond motifs is 4. The zero-order chi connectivity index (χ0) is 19.6. The summed E-state index contributed by atoms with van der Waals surface area (Å²) in [6.45, 7) is 5.62. The zero-order valence-electron chi connectivity index (χ0n) is 16.1. The number of hydrogen-bond donors (Lipinski definition) is 2. The number of benzene rings is 1. The van der Waals surface area contributed by atoms with Gasteiger partial charge in [-0.1, -0.05) is 18.2 Å². The molecule has 1 spiro atoms. The average molecular weight is 389 g/mol. The molecular weight excluding hydrogens is 362 g/mol. The summed E-state index contributed by atoms with van der Waals surface area (Å²) in [5.74, 6) is -0.746. The highest BCUT2D eigenvalue weighted by Crippen LogP contribution is 2.50. The van der Waals surface area contributed by atoms with E-state index in [1.54, 1.807) is 11.8 Å². The molecule has 1 aromatic carbocycles. The van der Waals surface area contributed by atoms with Gasteiger partial charge in [0.05, 0.1) is 5.69 Å². The lowest BCUT2D eigenvalue weighted by Gasteiger charge is -2.33. The van der Waals surface area contributed by atoms with E-state index < -0.39 is 22.9 Å². The van der Waals surface area contributed by atoms with Crippen molar-refractivity contribution in [3.63, 3.8) is 0 Å². The molecule has 27 heavy (non-hydrogen) atoms. The number of rotatable bonds is 3. The van der Waals surface area contributed by atoms with Gasteiger partial charge < -0.3 is 10.6 Å². The quantitative estimate of drug-likeness (QED) is 0.755. The molecule has 0 aliphatic carbocycles. The number of carbonyl (C=O) groups excluding carboxylic acids is 3. The Morgan fingerprint density at radius 1 is 1.19 bits per heavy atom. The van der Waals surface area contributed by atoms with Crippen LogP contribution in [0.3, 0.4) is 0 Å². The van der Waals surface area contributed by atoms with Crippen LogP contribution in [-0.4, -0.2) is 46.2 Å². The molecule has 4 atom stereocenters. The second-order valence-electron chi connectivity index (χ2n) is 8.67. The van der Waals surface area contributed by atoms with E-state index in [1.807, 2.05) is 56.6 Å². The van der Waals surface area contributed by atoms with Gasteiger partial charge in [-0.15, -0.1) is 0 Å². The molecule has 3 heterocycles. The van der Waals surface area contributed by atoms with Crippen LogP contribution in [0.4, 0.5) is 5.69 Å². The van der Waals surface area contributed by atoms with E-state index in [-0.39, 0.29) is 23.8 Å². The Morgan fingerprint density at radius 3 is 2.56 bits per heavy atom. The molecule has 3 amide bonds. The number of nitrogens with one attached hydrogen (secondary N) is 1. The molecule has 2 fully saturated rings. The third kappa shape index (κ3) is 2.41. The molecule has 0 aromatic heterocycles. The summed E-state index contributed by atoms with van der Waals surface area (Å²) in [7, 11) is 0. The fourth-order valence-electron chi connectivity index (χ4n) is 5.10. The third-order valence-corrected chi connectivity index (χ3v) is 6.75. The highest BCUT2D eigenvalue weighted by molar-refractivity contribution is 7.98. The number of nitrogens with zero attached hydrogens (tertiary/aromatic N) is 1. The number of carbonyl (C=O) groups is 3. The summed E-state index contributed by atoms with van der Waals surface area (Å²) < 4.78 is 0. The summed E-state index contributed by atoms with van der Waals surface area (Å²) in [4.78, 5) is 41.4. The Balaban J connectivity index is 1.87. The first kappa shape index (κ1) is 18.5. The van der Waals surface area contributed by atoms with E-state index in [9.17, 15) is 14.4 Å². The van der Waals surface area contributed by atoms with E-state index in [1.165, 1.54) is 4.90 Å². The van der Waals surface area contributed by atoms with Gasteiger partial charge in [-0.3, -0.25) is 19.3 Å². The topological polar surface area (TPSA) is 83.1 Å². The van der Waals surface area contributed by atoms with Gasteiger partial charge in [0.1, 0.15) is 17.9 Å². The van der Waals surface area contributed by atoms with Gasteiger partial charge in [-0.25, -0.2) is 0 Å². The Bertz CT molecular complexity index is 834. The number of anilines is 1. The Hall–Kier alpha value is -1.86. The monoisotopic (exact) mass is 388 g/mol. The summed E-state index contributed by atoms with van der Waals surface area (Å²) in [6, 6.07) is 7.46. The van der Waals surface area contributed by atoms with Crippen molar-refractivity contribution in [3.05, 3.63) is 29.8 Å². The number of hydrogen-bond acceptors (Lipinski definition) is 4. The molecular formula is C20H26N3O3S+. The average Bonchev–Trinajstić information content (AvgIpc) is 3.17. The fourth-order valence-corrected chi connectivity index (χ4v) is 5.61. The van der Waals surface area contributed by atoms with Gasteiger partial charge in [0.25, 0.3) is 5.91 Å². The molecule has 144 valence electrons. The molecule has 0 radical (unpaired) electrons. The molecule has 3 aliphatic heterocycles. The maximum absolute atomic E-state index is 13.5. The Morgan fingerprint density at radius 2 is 1.89 bits per heavy atom. The first-order valence-corrected chi connectivity index (χ1v) is 10.8. The molecule has 6 nitrogen and oxygen atoms in total. The number of amides is 3. The minimum absolute atomic E-state index is 0.0804. The van der Waals surface area contributed by atoms with Crippen LogP contribution < -0.4 is 10.6 Å². The van der Waals surface area contributed by atoms with Gasteiger partial charge >= 0.3 is 0 Å². The van der Waals surface area contributed by atoms with Crippen LogP contribution in [0.15, 0.2) is 24.3 Å². The number of imide groups is 1. The lowest BCUT2D eigenvalue weighted by Crippen LogP contribution is -2.99. The minimum atomic E-state index is -1.04. The summed E-state index contributed by atoms with van der Waals surface area (Å²) in [5, 5.41) is 4.96. The normalized spacial score (nSPS) is 32.2. The smallest absolute Gasteiger partial charge is 0.291 e. The maximum atomic E-state index is 13.5. The summed E-state index contributed by atoms with van der Waals surface area (Å²) >= 11 is 1.72. The molecule has 0 unspecified atom stereocenters. The van der Waals surface area contributed by atoms with E-state index in [2.05, 4.69) is 5.32 Å². The second-order valence-corrected chi connectivity index (χ2v) is 9.65. The van der Waals surface area contributed by atoms with E-state index >= 15 is 0 Å². The molecule has 3 N–H and O–H groups in total. The van der Waals surface area contributed by atoms with Crippen molar-refractivity contribution in [1.29, 1.82) is 0 Å². The molecule has 0 bridgehead atoms. The Kier molecular flexibility index (Phi) is 4.16. The van der Waals surface area contributed by atoms with E-state index in [0.29, 0.717) is 0 Å². The van der Waals surface area contributed by atoms with Crippen LogP contribution in [0.2, 0.25) is 0 Å². The van der Waals surface area contributed by atoms with Crippen LogP contribution in [-0.2, 0) is 19.9 Å². The highest BCUT2D eigenvalue weighted by atomic mass is 32.2. The highest BCUT2D eigenvalue weighted by Gasteiger charge is 2.74. The molecule has 1 aromatic rings. The minimum Gasteiger partial charge on any atom is -0.326 e. The van der Waals surface area contributed by atoms with Crippen molar-refractivity contribution < 1.29 is 19.7 Å². The number of nitrogens with two attached hydrogens (primary N) is 1. The lowest BCUT2D eigenvalue weighted by molar-refractivity contribution is -0.733. The van der Waals surface area contributed by atoms with Crippen molar-refractivity contribution in [1.82, 2.24) is 4.90 Å². The number of likely N-dealkylation sites (tertiary alicyclic amines) is 1. The van der Waals surface area contributed by atoms with Crippen LogP contribution >= 0.6 is 11.8 Å². The van der Waals surface area contributed by atoms with Crippen molar-refractivity contribution >= 4 is 35.2 Å². The van der Waals surface area contributed by atoms with Crippen LogP contribution in [0.5, 0.6) is 0 Å². The van der Waals surface area contributed by atoms with Crippen molar-refractivity contribution in [2.75, 3.05) is 17.3 Å². The molecule has 7 heteroatoms. The zero-order valence-corrected chi connectivity index (χ0v) is 16.9. The van der Waals surface area contributed by atoms with Gasteiger partial charge in [0.2, 0.25) is 17.4 Å². The van der Waals surface area contributed by atoms with Crippen molar-refractivity contribution in [3.8, 4) is 0 Å². The first-order valence-electron chi connectivity index (χ1n) is 9.37. The largest absolute Gasteiger partial charge is 0.326 e. The molecule has 2 saturated heterocycles. The summed E-state index contributed by atoms with van der Waals surface area (Å²) in [6.07, 6.45) is 2.82. The van der Waals surface area contributed by atoms with Gasteiger partial charge in [-0.2, -0.15) is 11.8 Å². The van der Waals surface area contributed by atoms with Gasteiger partial charge in [0, 0.05) is 17.5 Å². The van der Waals surface area contributed by atoms with Crippen molar-refractivity contribution in [2.24, 2.45) is 11.8 Å². The van der Waals surface area contributed by atoms with E-state index in [4.69, 9.17) is 0 Å². The Labute approximate surface area is 163 Å². The summed E-state index contributed by atoms with van der Waals surface area (Å²) in [5.41, 5.74) is -0.0684. The third-order valence-electron chi connectivity index (χ3n) is 6.10. The first-order chi connectivity index (χ1) is 12.7. The maximum Gasteiger partial charge on any atom is 0.291 e. The van der Waals surface area contributed by atoms with E-state index in [0.717, 1.165) is 23.4 Å². The van der Waals surface area contributed by atoms with Crippen molar-refractivity contribution in [2.45, 2.75) is 44.3 Å². The standard InChI is InChI=1S/C20H25N3O3S/c1-19(2,3)23-16(24)14-13(9-10-27-4)22-20(15(14)17(23)25)11-7-5-6-8-12(11)21-18(20)26/h5-8,13-15,22H,9-10H2,1-4H3,(H,21,26)/p+1/t13-,14-,15+,20-/m1/s1. The van der Waals surface area contributed by atoms with Gasteiger partial charge in [0.15, 0.2) is 0 Å².